The molecule has 3 N–H and O–H groups in total. The molecule has 0 aromatic heterocycles. The molecule has 2 fully saturated rings. The second-order valence-corrected chi connectivity index (χ2v) is 5.97. The van der Waals surface area contributed by atoms with E-state index in [1.807, 2.05) is 0 Å². The molecule has 1 heterocycles. The van der Waals surface area contributed by atoms with Crippen LogP contribution in [-0.4, -0.2) is 40.6 Å². The van der Waals surface area contributed by atoms with Gasteiger partial charge < -0.3 is 15.7 Å². The molecule has 2 aliphatic rings. The Kier molecular flexibility index (Phi) is 3.73. The molecule has 3 atom stereocenters. The van der Waals surface area contributed by atoms with Crippen molar-refractivity contribution in [3.63, 3.8) is 0 Å². The van der Waals surface area contributed by atoms with Crippen molar-refractivity contribution in [3.8, 4) is 0 Å². The maximum atomic E-state index is 12.1. The Morgan fingerprint density at radius 2 is 2.18 bits per heavy atom. The summed E-state index contributed by atoms with van der Waals surface area (Å²) in [5.74, 6) is 0.520. The first-order valence-electron chi connectivity index (χ1n) is 6.74. The van der Waals surface area contributed by atoms with E-state index in [9.17, 15) is 9.90 Å². The van der Waals surface area contributed by atoms with Crippen LogP contribution in [0.25, 0.3) is 0 Å². The van der Waals surface area contributed by atoms with Gasteiger partial charge in [-0.2, -0.15) is 0 Å². The van der Waals surface area contributed by atoms with Crippen LogP contribution in [-0.2, 0) is 4.79 Å². The van der Waals surface area contributed by atoms with Crippen LogP contribution >= 0.6 is 0 Å². The molecule has 17 heavy (non-hydrogen) atoms. The van der Waals surface area contributed by atoms with Gasteiger partial charge >= 0.3 is 0 Å². The van der Waals surface area contributed by atoms with Crippen molar-refractivity contribution >= 4 is 5.91 Å². The summed E-state index contributed by atoms with van der Waals surface area (Å²) in [6.45, 7) is 2.97. The number of β-amino-alcohol motifs (C(OH)–C–C–N with tert-alkyl or cyclic N) is 1. The minimum absolute atomic E-state index is 0.171. The third-order valence-corrected chi connectivity index (χ3v) is 4.21. The molecule has 0 aromatic carbocycles. The third-order valence-electron chi connectivity index (χ3n) is 4.21. The molecule has 0 radical (unpaired) electrons. The van der Waals surface area contributed by atoms with Gasteiger partial charge in [-0.05, 0) is 32.1 Å². The SMILES string of the molecule is CC1(O)CCN(C(=O)CC2CCCCC2N)C1. The average molecular weight is 240 g/mol. The molecule has 0 aromatic rings. The second kappa shape index (κ2) is 4.94. The van der Waals surface area contributed by atoms with Crippen LogP contribution < -0.4 is 5.73 Å². The summed E-state index contributed by atoms with van der Waals surface area (Å²) in [6.07, 6.45) is 5.78. The molecular formula is C13H24N2O2. The van der Waals surface area contributed by atoms with E-state index in [0.29, 0.717) is 31.8 Å². The van der Waals surface area contributed by atoms with Gasteiger partial charge in [0.1, 0.15) is 0 Å². The number of nitrogens with zero attached hydrogens (tertiary/aromatic N) is 1. The van der Waals surface area contributed by atoms with Crippen LogP contribution in [0.1, 0.15) is 45.4 Å². The van der Waals surface area contributed by atoms with Crippen molar-refractivity contribution in [2.75, 3.05) is 13.1 Å². The average Bonchev–Trinajstić information content (AvgIpc) is 2.62. The van der Waals surface area contributed by atoms with E-state index < -0.39 is 5.60 Å². The van der Waals surface area contributed by atoms with E-state index in [-0.39, 0.29) is 11.9 Å². The molecule has 0 spiro atoms. The number of hydrogen-bond acceptors (Lipinski definition) is 3. The molecule has 1 aliphatic heterocycles. The Morgan fingerprint density at radius 3 is 2.76 bits per heavy atom. The number of carbonyl (C=O) groups excluding carboxylic acids is 1. The van der Waals surface area contributed by atoms with Gasteiger partial charge in [0.05, 0.1) is 5.60 Å². The van der Waals surface area contributed by atoms with Crippen LogP contribution in [0.4, 0.5) is 0 Å². The number of carbonyl (C=O) groups is 1. The van der Waals surface area contributed by atoms with Gasteiger partial charge in [-0.15, -0.1) is 0 Å². The monoisotopic (exact) mass is 240 g/mol. The van der Waals surface area contributed by atoms with E-state index in [4.69, 9.17) is 5.73 Å². The van der Waals surface area contributed by atoms with E-state index in [1.165, 1.54) is 12.8 Å². The zero-order chi connectivity index (χ0) is 12.5. The fourth-order valence-corrected chi connectivity index (χ4v) is 3.00. The molecule has 1 aliphatic carbocycles. The lowest BCUT2D eigenvalue weighted by Crippen LogP contribution is -2.39. The van der Waals surface area contributed by atoms with E-state index in [2.05, 4.69) is 0 Å². The quantitative estimate of drug-likeness (QED) is 0.753. The minimum atomic E-state index is -0.690. The van der Waals surface area contributed by atoms with Gasteiger partial charge in [-0.25, -0.2) is 0 Å². The normalized spacial score (nSPS) is 38.4. The minimum Gasteiger partial charge on any atom is -0.388 e. The van der Waals surface area contributed by atoms with Crippen LogP contribution in [0.5, 0.6) is 0 Å². The highest BCUT2D eigenvalue weighted by molar-refractivity contribution is 5.77. The highest BCUT2D eigenvalue weighted by Gasteiger charge is 2.35. The summed E-state index contributed by atoms with van der Waals surface area (Å²) in [7, 11) is 0. The number of hydrogen-bond donors (Lipinski definition) is 2. The smallest absolute Gasteiger partial charge is 0.223 e. The maximum Gasteiger partial charge on any atom is 0.223 e. The first-order valence-corrected chi connectivity index (χ1v) is 6.74. The summed E-state index contributed by atoms with van der Waals surface area (Å²) < 4.78 is 0. The Bertz CT molecular complexity index is 291. The van der Waals surface area contributed by atoms with Crippen molar-refractivity contribution in [1.29, 1.82) is 0 Å². The fourth-order valence-electron chi connectivity index (χ4n) is 3.00. The van der Waals surface area contributed by atoms with E-state index in [0.717, 1.165) is 12.8 Å². The molecule has 1 saturated heterocycles. The molecule has 2 rings (SSSR count). The third kappa shape index (κ3) is 3.19. The van der Waals surface area contributed by atoms with Crippen LogP contribution in [0.3, 0.4) is 0 Å². The number of likely N-dealkylation sites (tertiary alicyclic amines) is 1. The summed E-state index contributed by atoms with van der Waals surface area (Å²) in [6, 6.07) is 0.191. The first-order chi connectivity index (χ1) is 7.98. The standard InChI is InChI=1S/C13H24N2O2/c1-13(17)6-7-15(9-13)12(16)8-10-4-2-3-5-11(10)14/h10-11,17H,2-9,14H2,1H3. The van der Waals surface area contributed by atoms with Gasteiger partial charge in [0.2, 0.25) is 5.91 Å². The van der Waals surface area contributed by atoms with Crippen molar-refractivity contribution in [3.05, 3.63) is 0 Å². The Balaban J connectivity index is 1.84. The predicted octanol–water partition coefficient (Wildman–Crippen LogP) is 0.877. The van der Waals surface area contributed by atoms with Gasteiger partial charge in [-0.1, -0.05) is 12.8 Å². The van der Waals surface area contributed by atoms with Crippen molar-refractivity contribution in [2.45, 2.75) is 57.1 Å². The summed E-state index contributed by atoms with van der Waals surface area (Å²) in [4.78, 5) is 13.9. The van der Waals surface area contributed by atoms with Crippen molar-refractivity contribution < 1.29 is 9.90 Å². The van der Waals surface area contributed by atoms with Crippen molar-refractivity contribution in [1.82, 2.24) is 4.90 Å². The van der Waals surface area contributed by atoms with Gasteiger partial charge in [0, 0.05) is 25.6 Å². The fraction of sp³-hybridized carbons (Fsp3) is 0.923. The molecule has 0 bridgehead atoms. The van der Waals surface area contributed by atoms with Crippen LogP contribution in [0.2, 0.25) is 0 Å². The number of nitrogens with two attached hydrogens (primary N) is 1. The topological polar surface area (TPSA) is 66.6 Å². The first kappa shape index (κ1) is 12.8. The largest absolute Gasteiger partial charge is 0.388 e. The zero-order valence-corrected chi connectivity index (χ0v) is 10.7. The van der Waals surface area contributed by atoms with E-state index in [1.54, 1.807) is 11.8 Å². The molecule has 1 saturated carbocycles. The van der Waals surface area contributed by atoms with Crippen LogP contribution in [0.15, 0.2) is 0 Å². The predicted molar refractivity (Wildman–Crippen MR) is 66.4 cm³/mol. The van der Waals surface area contributed by atoms with Gasteiger partial charge in [-0.3, -0.25) is 4.79 Å². The Labute approximate surface area is 103 Å². The lowest BCUT2D eigenvalue weighted by atomic mass is 9.83. The van der Waals surface area contributed by atoms with Crippen molar-refractivity contribution in [2.24, 2.45) is 11.7 Å². The van der Waals surface area contributed by atoms with E-state index >= 15 is 0 Å². The zero-order valence-electron chi connectivity index (χ0n) is 10.7. The van der Waals surface area contributed by atoms with Gasteiger partial charge in [0.15, 0.2) is 0 Å². The summed E-state index contributed by atoms with van der Waals surface area (Å²) in [5, 5.41) is 9.85. The molecule has 98 valence electrons. The molecule has 4 nitrogen and oxygen atoms in total. The molecule has 4 heteroatoms. The summed E-state index contributed by atoms with van der Waals surface area (Å²) >= 11 is 0. The highest BCUT2D eigenvalue weighted by Crippen LogP contribution is 2.28. The van der Waals surface area contributed by atoms with Gasteiger partial charge in [0.25, 0.3) is 0 Å². The summed E-state index contributed by atoms with van der Waals surface area (Å²) in [5.41, 5.74) is 5.37. The number of rotatable bonds is 2. The lowest BCUT2D eigenvalue weighted by molar-refractivity contribution is -0.132. The lowest BCUT2D eigenvalue weighted by Gasteiger charge is -2.29. The van der Waals surface area contributed by atoms with Crippen LogP contribution in [0, 0.1) is 5.92 Å². The Hall–Kier alpha value is -0.610. The molecule has 1 amide bonds. The number of amides is 1. The second-order valence-electron chi connectivity index (χ2n) is 5.97. The molecule has 3 unspecified atom stereocenters. The maximum absolute atomic E-state index is 12.1. The number of aliphatic hydroxyl groups is 1. The highest BCUT2D eigenvalue weighted by atomic mass is 16.3. The molecular weight excluding hydrogens is 216 g/mol. The Morgan fingerprint density at radius 1 is 1.47 bits per heavy atom.